The van der Waals surface area contributed by atoms with E-state index in [1.807, 2.05) is 0 Å². The van der Waals surface area contributed by atoms with Crippen molar-refractivity contribution in [3.8, 4) is 11.5 Å². The van der Waals surface area contributed by atoms with Gasteiger partial charge in [-0.05, 0) is 68.1 Å². The van der Waals surface area contributed by atoms with Crippen LogP contribution in [0.3, 0.4) is 0 Å². The Bertz CT molecular complexity index is 789. The summed E-state index contributed by atoms with van der Waals surface area (Å²) in [4.78, 5) is 25.0. The Morgan fingerprint density at radius 1 is 1.14 bits per heavy atom. The number of aliphatic carboxylic acids is 1. The fourth-order valence-corrected chi connectivity index (χ4v) is 6.84. The number of nitrogens with one attached hydrogen (secondary N) is 1. The zero-order chi connectivity index (χ0) is 20.8. The molecule has 6 nitrogen and oxygen atoms in total. The quantitative estimate of drug-likeness (QED) is 0.659. The van der Waals surface area contributed by atoms with E-state index in [1.54, 1.807) is 32.4 Å². The highest BCUT2D eigenvalue weighted by molar-refractivity contribution is 6.24. The minimum absolute atomic E-state index is 0.154. The van der Waals surface area contributed by atoms with Crippen molar-refractivity contribution in [2.75, 3.05) is 14.2 Å². The number of carboxylic acids is 1. The van der Waals surface area contributed by atoms with Gasteiger partial charge in [0.05, 0.1) is 19.6 Å². The van der Waals surface area contributed by atoms with Gasteiger partial charge in [-0.2, -0.15) is 0 Å². The van der Waals surface area contributed by atoms with E-state index in [2.05, 4.69) is 5.32 Å². The Balaban J connectivity index is 1.52. The molecule has 3 atom stereocenters. The molecule has 0 radical (unpaired) electrons. The van der Waals surface area contributed by atoms with Crippen LogP contribution in [0.4, 0.5) is 0 Å². The second kappa shape index (κ2) is 7.38. The van der Waals surface area contributed by atoms with Gasteiger partial charge in [0.2, 0.25) is 5.91 Å². The maximum atomic E-state index is 13.3. The summed E-state index contributed by atoms with van der Waals surface area (Å²) < 4.78 is 10.5. The van der Waals surface area contributed by atoms with Crippen molar-refractivity contribution in [2.24, 2.45) is 17.3 Å². The molecule has 0 saturated heterocycles. The number of carbonyl (C=O) groups is 2. The summed E-state index contributed by atoms with van der Waals surface area (Å²) in [6, 6.07) is 4.25. The minimum atomic E-state index is -1.05. The van der Waals surface area contributed by atoms with Gasteiger partial charge < -0.3 is 19.9 Å². The standard InChI is InChI=1S/C22H28ClNO5/c1-28-16-4-13(5-17(7-16)29-2)6-18(19(25)26)24-20(27)21-8-14-3-15(9-21)11-22(23,10-14)12-21/h4-5,7,14-15,18H,3,6,8-12H2,1-2H3,(H,24,27)(H,25,26). The van der Waals surface area contributed by atoms with Gasteiger partial charge in [-0.15, -0.1) is 11.6 Å². The molecule has 4 aliphatic carbocycles. The lowest BCUT2D eigenvalue weighted by Crippen LogP contribution is -2.60. The lowest BCUT2D eigenvalue weighted by molar-refractivity contribution is -0.150. The molecule has 3 unspecified atom stereocenters. The molecule has 1 aromatic carbocycles. The van der Waals surface area contributed by atoms with Gasteiger partial charge in [-0.3, -0.25) is 4.79 Å². The third-order valence-corrected chi connectivity index (χ3v) is 7.37. The number of amides is 1. The van der Waals surface area contributed by atoms with E-state index < -0.39 is 17.4 Å². The number of alkyl halides is 1. The minimum Gasteiger partial charge on any atom is -0.497 e. The summed E-state index contributed by atoms with van der Waals surface area (Å²) in [5, 5.41) is 12.6. The van der Waals surface area contributed by atoms with Crippen LogP contribution < -0.4 is 14.8 Å². The molecular formula is C22H28ClNO5. The van der Waals surface area contributed by atoms with Crippen LogP contribution in [0, 0.1) is 17.3 Å². The number of hydrogen-bond donors (Lipinski definition) is 2. The molecule has 158 valence electrons. The smallest absolute Gasteiger partial charge is 0.326 e. The number of methoxy groups -OCH3 is 2. The summed E-state index contributed by atoms with van der Waals surface area (Å²) in [5.41, 5.74) is 0.208. The van der Waals surface area contributed by atoms with E-state index >= 15 is 0 Å². The molecule has 4 fully saturated rings. The highest BCUT2D eigenvalue weighted by Crippen LogP contribution is 2.63. The van der Waals surface area contributed by atoms with Crippen LogP contribution in [0.2, 0.25) is 0 Å². The number of hydrogen-bond acceptors (Lipinski definition) is 4. The zero-order valence-corrected chi connectivity index (χ0v) is 17.6. The number of ether oxygens (including phenoxy) is 2. The molecule has 4 saturated carbocycles. The molecule has 0 heterocycles. The van der Waals surface area contributed by atoms with Crippen molar-refractivity contribution >= 4 is 23.5 Å². The van der Waals surface area contributed by atoms with Crippen LogP contribution in [0.15, 0.2) is 18.2 Å². The van der Waals surface area contributed by atoms with Crippen LogP contribution in [0.25, 0.3) is 0 Å². The van der Waals surface area contributed by atoms with Gasteiger partial charge in [0.15, 0.2) is 0 Å². The van der Waals surface area contributed by atoms with Crippen LogP contribution in [0.1, 0.15) is 44.1 Å². The van der Waals surface area contributed by atoms with Crippen molar-refractivity contribution in [1.82, 2.24) is 5.32 Å². The van der Waals surface area contributed by atoms with E-state index in [4.69, 9.17) is 21.1 Å². The van der Waals surface area contributed by atoms with E-state index in [0.717, 1.165) is 37.7 Å². The SMILES string of the molecule is COc1cc(CC(NC(=O)C23CC4CC(CC(Cl)(C4)C2)C3)C(=O)O)cc(OC)c1. The topological polar surface area (TPSA) is 84.9 Å². The van der Waals surface area contributed by atoms with Gasteiger partial charge in [0, 0.05) is 17.4 Å². The largest absolute Gasteiger partial charge is 0.497 e. The van der Waals surface area contributed by atoms with Crippen LogP contribution >= 0.6 is 11.6 Å². The second-order valence-electron chi connectivity index (χ2n) is 9.18. The van der Waals surface area contributed by atoms with Gasteiger partial charge in [0.1, 0.15) is 17.5 Å². The number of carboxylic acid groups (broad SMARTS) is 1. The van der Waals surface area contributed by atoms with E-state index in [9.17, 15) is 14.7 Å². The van der Waals surface area contributed by atoms with Gasteiger partial charge >= 0.3 is 5.97 Å². The lowest BCUT2D eigenvalue weighted by atomic mass is 9.49. The van der Waals surface area contributed by atoms with E-state index in [1.165, 1.54) is 0 Å². The Labute approximate surface area is 175 Å². The van der Waals surface area contributed by atoms with Crippen LogP contribution in [-0.4, -0.2) is 42.1 Å². The first-order valence-corrected chi connectivity index (χ1v) is 10.6. The fourth-order valence-electron chi connectivity index (χ4n) is 6.15. The first kappa shape index (κ1) is 20.3. The molecule has 0 spiro atoms. The molecule has 7 heteroatoms. The summed E-state index contributed by atoms with van der Waals surface area (Å²) in [7, 11) is 3.09. The number of benzene rings is 1. The van der Waals surface area contributed by atoms with Gasteiger partial charge in [0.25, 0.3) is 0 Å². The molecule has 4 bridgehead atoms. The van der Waals surface area contributed by atoms with Crippen molar-refractivity contribution in [2.45, 2.75) is 55.9 Å². The van der Waals surface area contributed by atoms with E-state index in [-0.39, 0.29) is 17.2 Å². The molecule has 2 N–H and O–H groups in total. The Morgan fingerprint density at radius 3 is 2.21 bits per heavy atom. The first-order valence-electron chi connectivity index (χ1n) is 10.2. The maximum absolute atomic E-state index is 13.3. The zero-order valence-electron chi connectivity index (χ0n) is 16.9. The van der Waals surface area contributed by atoms with E-state index in [0.29, 0.717) is 29.8 Å². The Morgan fingerprint density at radius 2 is 1.72 bits per heavy atom. The third kappa shape index (κ3) is 3.91. The van der Waals surface area contributed by atoms with Crippen LogP contribution in [-0.2, 0) is 16.0 Å². The molecule has 0 aliphatic heterocycles. The number of carbonyl (C=O) groups excluding carboxylic acids is 1. The van der Waals surface area contributed by atoms with Crippen molar-refractivity contribution in [3.63, 3.8) is 0 Å². The average molecular weight is 422 g/mol. The molecule has 1 aromatic rings. The molecule has 1 amide bonds. The first-order chi connectivity index (χ1) is 13.7. The predicted octanol–water partition coefficient (Wildman–Crippen LogP) is 3.39. The molecule has 5 rings (SSSR count). The second-order valence-corrected chi connectivity index (χ2v) is 9.98. The lowest BCUT2D eigenvalue weighted by Gasteiger charge is -2.59. The van der Waals surface area contributed by atoms with Crippen molar-refractivity contribution < 1.29 is 24.2 Å². The van der Waals surface area contributed by atoms with Gasteiger partial charge in [-0.25, -0.2) is 4.79 Å². The Kier molecular flexibility index (Phi) is 5.18. The molecule has 0 aromatic heterocycles. The summed E-state index contributed by atoms with van der Waals surface area (Å²) in [6.07, 6.45) is 5.56. The van der Waals surface area contributed by atoms with Crippen LogP contribution in [0.5, 0.6) is 11.5 Å². The molecule has 29 heavy (non-hydrogen) atoms. The normalized spacial score (nSPS) is 33.2. The average Bonchev–Trinajstić information content (AvgIpc) is 2.65. The molecule has 4 aliphatic rings. The number of rotatable bonds is 7. The van der Waals surface area contributed by atoms with Gasteiger partial charge in [-0.1, -0.05) is 0 Å². The predicted molar refractivity (Wildman–Crippen MR) is 109 cm³/mol. The molecular weight excluding hydrogens is 394 g/mol. The highest BCUT2D eigenvalue weighted by Gasteiger charge is 2.60. The fraction of sp³-hybridized carbons (Fsp3) is 0.636. The monoisotopic (exact) mass is 421 g/mol. The Hall–Kier alpha value is -1.95. The number of halogens is 1. The summed E-state index contributed by atoms with van der Waals surface area (Å²) in [5.74, 6) is 0.917. The van der Waals surface area contributed by atoms with Crippen molar-refractivity contribution in [3.05, 3.63) is 23.8 Å². The summed E-state index contributed by atoms with van der Waals surface area (Å²) >= 11 is 6.84. The third-order valence-electron chi connectivity index (χ3n) is 6.93. The van der Waals surface area contributed by atoms with Crippen molar-refractivity contribution in [1.29, 1.82) is 0 Å². The maximum Gasteiger partial charge on any atom is 0.326 e. The highest BCUT2D eigenvalue weighted by atomic mass is 35.5. The summed E-state index contributed by atoms with van der Waals surface area (Å²) in [6.45, 7) is 0.